The number of ether oxygens (including phenoxy) is 1. The first-order valence-corrected chi connectivity index (χ1v) is 8.64. The van der Waals surface area contributed by atoms with E-state index in [2.05, 4.69) is 5.32 Å². The molecule has 0 spiro atoms. The number of piperazine rings is 1. The lowest BCUT2D eigenvalue weighted by atomic mass is 10.1. The van der Waals surface area contributed by atoms with E-state index in [0.29, 0.717) is 30.9 Å². The molecule has 1 saturated heterocycles. The highest BCUT2D eigenvalue weighted by Crippen LogP contribution is 2.18. The van der Waals surface area contributed by atoms with E-state index in [9.17, 15) is 9.59 Å². The molecule has 1 fully saturated rings. The first kappa shape index (κ1) is 17.8. The standard InChI is InChI=1S/C20H23N3O3/c1-15-14-22(19(24)16-6-4-3-5-7-16)12-13-23(15)20(25)21-17-8-10-18(26-2)11-9-17/h3-11,15H,12-14H2,1-2H3,(H,21,25). The van der Waals surface area contributed by atoms with E-state index in [-0.39, 0.29) is 18.0 Å². The van der Waals surface area contributed by atoms with Gasteiger partial charge in [-0.25, -0.2) is 4.79 Å². The van der Waals surface area contributed by atoms with Gasteiger partial charge in [-0.1, -0.05) is 18.2 Å². The van der Waals surface area contributed by atoms with Crippen LogP contribution < -0.4 is 10.1 Å². The second kappa shape index (κ2) is 7.91. The summed E-state index contributed by atoms with van der Waals surface area (Å²) in [6, 6.07) is 16.2. The molecule has 2 aromatic carbocycles. The topological polar surface area (TPSA) is 61.9 Å². The third-order valence-electron chi connectivity index (χ3n) is 4.54. The van der Waals surface area contributed by atoms with Crippen molar-refractivity contribution in [2.45, 2.75) is 13.0 Å². The molecule has 3 rings (SSSR count). The summed E-state index contributed by atoms with van der Waals surface area (Å²) >= 11 is 0. The van der Waals surface area contributed by atoms with Crippen molar-refractivity contribution in [2.75, 3.05) is 32.1 Å². The molecular formula is C20H23N3O3. The first-order valence-electron chi connectivity index (χ1n) is 8.64. The number of benzene rings is 2. The van der Waals surface area contributed by atoms with Gasteiger partial charge in [-0.15, -0.1) is 0 Å². The number of anilines is 1. The highest BCUT2D eigenvalue weighted by molar-refractivity contribution is 5.94. The minimum atomic E-state index is -0.158. The van der Waals surface area contributed by atoms with Crippen molar-refractivity contribution in [1.29, 1.82) is 0 Å². The van der Waals surface area contributed by atoms with Crippen LogP contribution in [0, 0.1) is 0 Å². The number of hydrogen-bond donors (Lipinski definition) is 1. The molecule has 0 radical (unpaired) electrons. The van der Waals surface area contributed by atoms with Crippen molar-refractivity contribution in [2.24, 2.45) is 0 Å². The number of amides is 3. The summed E-state index contributed by atoms with van der Waals surface area (Å²) in [7, 11) is 1.60. The van der Waals surface area contributed by atoms with Gasteiger partial charge < -0.3 is 19.9 Å². The smallest absolute Gasteiger partial charge is 0.322 e. The molecule has 2 aromatic rings. The van der Waals surface area contributed by atoms with Crippen LogP contribution in [0.3, 0.4) is 0 Å². The van der Waals surface area contributed by atoms with E-state index in [0.717, 1.165) is 5.75 Å². The summed E-state index contributed by atoms with van der Waals surface area (Å²) in [5, 5.41) is 2.90. The van der Waals surface area contributed by atoms with E-state index < -0.39 is 0 Å². The second-order valence-corrected chi connectivity index (χ2v) is 6.32. The van der Waals surface area contributed by atoms with Crippen LogP contribution >= 0.6 is 0 Å². The maximum Gasteiger partial charge on any atom is 0.322 e. The number of rotatable bonds is 3. The lowest BCUT2D eigenvalue weighted by Gasteiger charge is -2.39. The van der Waals surface area contributed by atoms with Crippen molar-refractivity contribution < 1.29 is 14.3 Å². The Kier molecular flexibility index (Phi) is 5.41. The minimum Gasteiger partial charge on any atom is -0.497 e. The molecule has 0 bridgehead atoms. The molecule has 1 aliphatic heterocycles. The summed E-state index contributed by atoms with van der Waals surface area (Å²) in [5.41, 5.74) is 1.39. The number of carbonyl (C=O) groups is 2. The van der Waals surface area contributed by atoms with Gasteiger partial charge in [-0.3, -0.25) is 4.79 Å². The molecule has 1 atom stereocenters. The van der Waals surface area contributed by atoms with E-state index in [1.165, 1.54) is 0 Å². The highest BCUT2D eigenvalue weighted by Gasteiger charge is 2.30. The fourth-order valence-electron chi connectivity index (χ4n) is 3.08. The van der Waals surface area contributed by atoms with Gasteiger partial charge in [0.25, 0.3) is 5.91 Å². The Hall–Kier alpha value is -3.02. The monoisotopic (exact) mass is 353 g/mol. The Labute approximate surface area is 153 Å². The van der Waals surface area contributed by atoms with Crippen molar-refractivity contribution in [1.82, 2.24) is 9.80 Å². The molecule has 1 heterocycles. The Morgan fingerprint density at radius 3 is 2.35 bits per heavy atom. The molecule has 1 unspecified atom stereocenters. The van der Waals surface area contributed by atoms with Crippen molar-refractivity contribution in [3.63, 3.8) is 0 Å². The lowest BCUT2D eigenvalue weighted by Crippen LogP contribution is -2.56. The van der Waals surface area contributed by atoms with Gasteiger partial charge in [-0.05, 0) is 43.3 Å². The summed E-state index contributed by atoms with van der Waals surface area (Å²) in [6.45, 7) is 3.50. The zero-order chi connectivity index (χ0) is 18.5. The van der Waals surface area contributed by atoms with Crippen molar-refractivity contribution in [3.8, 4) is 5.75 Å². The molecule has 1 aliphatic rings. The minimum absolute atomic E-state index is 0.00709. The lowest BCUT2D eigenvalue weighted by molar-refractivity contribution is 0.0592. The van der Waals surface area contributed by atoms with Gasteiger partial charge in [0, 0.05) is 36.9 Å². The van der Waals surface area contributed by atoms with E-state index in [4.69, 9.17) is 4.74 Å². The summed E-state index contributed by atoms with van der Waals surface area (Å²) < 4.78 is 5.12. The number of hydrogen-bond acceptors (Lipinski definition) is 3. The maximum absolute atomic E-state index is 12.6. The van der Waals surface area contributed by atoms with Crippen LogP contribution in [0.2, 0.25) is 0 Å². The number of urea groups is 1. The molecule has 0 aromatic heterocycles. The molecule has 6 heteroatoms. The molecule has 6 nitrogen and oxygen atoms in total. The third kappa shape index (κ3) is 3.96. The van der Waals surface area contributed by atoms with E-state index in [1.54, 1.807) is 41.2 Å². The third-order valence-corrected chi connectivity index (χ3v) is 4.54. The van der Waals surface area contributed by atoms with Gasteiger partial charge in [0.2, 0.25) is 0 Å². The zero-order valence-electron chi connectivity index (χ0n) is 15.0. The maximum atomic E-state index is 12.6. The molecular weight excluding hydrogens is 330 g/mol. The van der Waals surface area contributed by atoms with E-state index in [1.807, 2.05) is 37.3 Å². The molecule has 0 saturated carbocycles. The Morgan fingerprint density at radius 2 is 1.73 bits per heavy atom. The number of methoxy groups -OCH3 is 1. The molecule has 136 valence electrons. The van der Waals surface area contributed by atoms with Crippen molar-refractivity contribution >= 4 is 17.6 Å². The molecule has 0 aliphatic carbocycles. The van der Waals surface area contributed by atoms with Crippen LogP contribution in [0.1, 0.15) is 17.3 Å². The van der Waals surface area contributed by atoms with Gasteiger partial charge >= 0.3 is 6.03 Å². The Balaban J connectivity index is 1.59. The predicted molar refractivity (Wildman–Crippen MR) is 101 cm³/mol. The van der Waals surface area contributed by atoms with Crippen LogP contribution in [-0.4, -0.2) is 54.5 Å². The number of nitrogens with zero attached hydrogens (tertiary/aromatic N) is 2. The second-order valence-electron chi connectivity index (χ2n) is 6.32. The highest BCUT2D eigenvalue weighted by atomic mass is 16.5. The van der Waals surface area contributed by atoms with Crippen LogP contribution in [0.25, 0.3) is 0 Å². The molecule has 1 N–H and O–H groups in total. The average molecular weight is 353 g/mol. The molecule has 3 amide bonds. The zero-order valence-corrected chi connectivity index (χ0v) is 15.0. The van der Waals surface area contributed by atoms with Gasteiger partial charge in [-0.2, -0.15) is 0 Å². The van der Waals surface area contributed by atoms with Gasteiger partial charge in [0.1, 0.15) is 5.75 Å². The summed E-state index contributed by atoms with van der Waals surface area (Å²) in [5.74, 6) is 0.747. The van der Waals surface area contributed by atoms with Crippen LogP contribution in [0.5, 0.6) is 5.75 Å². The van der Waals surface area contributed by atoms with Gasteiger partial charge in [0.05, 0.1) is 7.11 Å². The average Bonchev–Trinajstić information content (AvgIpc) is 2.68. The van der Waals surface area contributed by atoms with Crippen LogP contribution in [0.4, 0.5) is 10.5 Å². The molecule has 26 heavy (non-hydrogen) atoms. The Bertz CT molecular complexity index is 762. The summed E-state index contributed by atoms with van der Waals surface area (Å²) in [4.78, 5) is 28.7. The first-order chi connectivity index (χ1) is 12.6. The van der Waals surface area contributed by atoms with Crippen LogP contribution in [-0.2, 0) is 0 Å². The predicted octanol–water partition coefficient (Wildman–Crippen LogP) is 3.07. The largest absolute Gasteiger partial charge is 0.497 e. The summed E-state index contributed by atoms with van der Waals surface area (Å²) in [6.07, 6.45) is 0. The fraction of sp³-hybridized carbons (Fsp3) is 0.300. The SMILES string of the molecule is COc1ccc(NC(=O)N2CCN(C(=O)c3ccccc3)CC2C)cc1. The van der Waals surface area contributed by atoms with Crippen molar-refractivity contribution in [3.05, 3.63) is 60.2 Å². The van der Waals surface area contributed by atoms with Crippen LogP contribution in [0.15, 0.2) is 54.6 Å². The Morgan fingerprint density at radius 1 is 1.04 bits per heavy atom. The quantitative estimate of drug-likeness (QED) is 0.922. The normalized spacial score (nSPS) is 16.9. The number of carbonyl (C=O) groups excluding carboxylic acids is 2. The van der Waals surface area contributed by atoms with E-state index >= 15 is 0 Å². The number of nitrogens with one attached hydrogen (secondary N) is 1. The van der Waals surface area contributed by atoms with Gasteiger partial charge in [0.15, 0.2) is 0 Å². The fourth-order valence-corrected chi connectivity index (χ4v) is 3.08.